The van der Waals surface area contributed by atoms with Crippen LogP contribution in [0.15, 0.2) is 18.2 Å². The van der Waals surface area contributed by atoms with Crippen LogP contribution in [0.1, 0.15) is 56.1 Å². The van der Waals surface area contributed by atoms with Gasteiger partial charge in [-0.3, -0.25) is 4.79 Å². The molecule has 1 saturated carbocycles. The van der Waals surface area contributed by atoms with Crippen molar-refractivity contribution in [1.82, 2.24) is 4.90 Å². The number of rotatable bonds is 3. The number of carbonyl (C=O) groups is 1. The molecule has 0 radical (unpaired) electrons. The van der Waals surface area contributed by atoms with Crippen LogP contribution in [0.3, 0.4) is 0 Å². The van der Waals surface area contributed by atoms with E-state index < -0.39 is 11.7 Å². The second-order valence-electron chi connectivity index (χ2n) is 9.62. The van der Waals surface area contributed by atoms with Crippen LogP contribution >= 0.6 is 0 Å². The Bertz CT molecular complexity index is 881. The number of hydrogen-bond donors (Lipinski definition) is 1. The molecule has 2 aliphatic heterocycles. The van der Waals surface area contributed by atoms with Gasteiger partial charge in [-0.05, 0) is 49.3 Å². The molecule has 1 aliphatic carbocycles. The van der Waals surface area contributed by atoms with Gasteiger partial charge in [0.1, 0.15) is 0 Å². The number of anilines is 1. The average Bonchev–Trinajstić information content (AvgIpc) is 3.16. The summed E-state index contributed by atoms with van der Waals surface area (Å²) in [5.41, 5.74) is -1.10. The first-order chi connectivity index (χ1) is 15.3. The fourth-order valence-corrected chi connectivity index (χ4v) is 5.89. The summed E-state index contributed by atoms with van der Waals surface area (Å²) in [5.74, 6) is 0.322. The second-order valence-corrected chi connectivity index (χ2v) is 9.62. The summed E-state index contributed by atoms with van der Waals surface area (Å²) < 4.78 is 40.3. The maximum Gasteiger partial charge on any atom is 0.417 e. The first-order valence-electron chi connectivity index (χ1n) is 11.5. The summed E-state index contributed by atoms with van der Waals surface area (Å²) in [4.78, 5) is 16.8. The van der Waals surface area contributed by atoms with E-state index in [1.54, 1.807) is 12.1 Å². The SMILES string of the molecule is N#Cc1ccc(N2CC(CO)C3(CCN(C(=O)C4CCCCC4)CC3)C2)cc1C(F)(F)F. The summed E-state index contributed by atoms with van der Waals surface area (Å²) in [6, 6.07) is 5.46. The summed E-state index contributed by atoms with van der Waals surface area (Å²) in [6.07, 6.45) is 2.25. The zero-order valence-electron chi connectivity index (χ0n) is 18.2. The highest BCUT2D eigenvalue weighted by Crippen LogP contribution is 2.47. The van der Waals surface area contributed by atoms with E-state index in [4.69, 9.17) is 5.26 Å². The van der Waals surface area contributed by atoms with Crippen molar-refractivity contribution in [2.75, 3.05) is 37.7 Å². The Morgan fingerprint density at radius 1 is 1.19 bits per heavy atom. The van der Waals surface area contributed by atoms with Gasteiger partial charge >= 0.3 is 6.18 Å². The van der Waals surface area contributed by atoms with Crippen molar-refractivity contribution in [1.29, 1.82) is 5.26 Å². The minimum Gasteiger partial charge on any atom is -0.396 e. The van der Waals surface area contributed by atoms with Crippen molar-refractivity contribution in [3.63, 3.8) is 0 Å². The van der Waals surface area contributed by atoms with E-state index in [2.05, 4.69) is 0 Å². The van der Waals surface area contributed by atoms with Crippen LogP contribution in [0, 0.1) is 28.6 Å². The van der Waals surface area contributed by atoms with Crippen molar-refractivity contribution in [2.24, 2.45) is 17.3 Å². The molecule has 1 amide bonds. The monoisotopic (exact) mass is 449 g/mol. The Labute approximate surface area is 186 Å². The first kappa shape index (κ1) is 22.9. The van der Waals surface area contributed by atoms with Gasteiger partial charge in [0.15, 0.2) is 0 Å². The Kier molecular flexibility index (Phi) is 6.39. The minimum absolute atomic E-state index is 0.0323. The molecular formula is C24H30F3N3O2. The van der Waals surface area contributed by atoms with E-state index in [9.17, 15) is 23.1 Å². The lowest BCUT2D eigenvalue weighted by atomic mass is 9.71. The number of aliphatic hydroxyl groups excluding tert-OH is 1. The Hall–Kier alpha value is -2.27. The summed E-state index contributed by atoms with van der Waals surface area (Å²) >= 11 is 0. The van der Waals surface area contributed by atoms with Crippen LogP contribution in [0.4, 0.5) is 18.9 Å². The molecule has 5 nitrogen and oxygen atoms in total. The molecular weight excluding hydrogens is 419 g/mol. The fourth-order valence-electron chi connectivity index (χ4n) is 5.89. The highest BCUT2D eigenvalue weighted by Gasteiger charge is 2.49. The topological polar surface area (TPSA) is 67.6 Å². The molecule has 8 heteroatoms. The Morgan fingerprint density at radius 3 is 2.47 bits per heavy atom. The van der Waals surface area contributed by atoms with Crippen molar-refractivity contribution in [3.05, 3.63) is 29.3 Å². The summed E-state index contributed by atoms with van der Waals surface area (Å²) in [6.45, 7) is 2.26. The molecule has 32 heavy (non-hydrogen) atoms. The zero-order valence-corrected chi connectivity index (χ0v) is 18.2. The molecule has 4 rings (SSSR count). The molecule has 1 spiro atoms. The van der Waals surface area contributed by atoms with Crippen molar-refractivity contribution in [3.8, 4) is 6.07 Å². The highest BCUT2D eigenvalue weighted by molar-refractivity contribution is 5.79. The van der Waals surface area contributed by atoms with Gasteiger partial charge in [0.05, 0.1) is 17.2 Å². The molecule has 174 valence electrons. The number of halogens is 3. The third-order valence-corrected chi connectivity index (χ3v) is 7.85. The van der Waals surface area contributed by atoms with E-state index in [-0.39, 0.29) is 35.3 Å². The number of hydrogen-bond acceptors (Lipinski definition) is 4. The molecule has 1 atom stereocenters. The lowest BCUT2D eigenvalue weighted by Crippen LogP contribution is -2.48. The highest BCUT2D eigenvalue weighted by atomic mass is 19.4. The Morgan fingerprint density at radius 2 is 1.88 bits per heavy atom. The van der Waals surface area contributed by atoms with Gasteiger partial charge in [-0.25, -0.2) is 0 Å². The van der Waals surface area contributed by atoms with Crippen LogP contribution in [-0.2, 0) is 11.0 Å². The lowest BCUT2D eigenvalue weighted by Gasteiger charge is -2.43. The van der Waals surface area contributed by atoms with Crippen LogP contribution < -0.4 is 4.90 Å². The number of benzene rings is 1. The number of nitriles is 1. The number of nitrogens with zero attached hydrogens (tertiary/aromatic N) is 3. The molecule has 2 heterocycles. The van der Waals surface area contributed by atoms with Crippen molar-refractivity contribution >= 4 is 11.6 Å². The normalized spacial score (nSPS) is 24.0. The predicted octanol–water partition coefficient (Wildman–Crippen LogP) is 4.19. The van der Waals surface area contributed by atoms with Crippen LogP contribution in [0.5, 0.6) is 0 Å². The average molecular weight is 450 g/mol. The van der Waals surface area contributed by atoms with Gasteiger partial charge in [0, 0.05) is 50.3 Å². The number of alkyl halides is 3. The smallest absolute Gasteiger partial charge is 0.396 e. The molecule has 0 bridgehead atoms. The minimum atomic E-state index is -4.60. The molecule has 1 aromatic carbocycles. The van der Waals surface area contributed by atoms with Gasteiger partial charge in [-0.15, -0.1) is 0 Å². The standard InChI is InChI=1S/C24H30F3N3O2/c25-24(26,27)21-12-20(7-6-18(21)13-28)30-14-19(15-31)23(16-30)8-10-29(11-9-23)22(32)17-4-2-1-3-5-17/h6-7,12,17,19,31H,1-5,8-11,14-16H2. The second kappa shape index (κ2) is 8.93. The third kappa shape index (κ3) is 4.32. The van der Waals surface area contributed by atoms with Gasteiger partial charge in [-0.1, -0.05) is 19.3 Å². The van der Waals surface area contributed by atoms with Crippen molar-refractivity contribution < 1.29 is 23.1 Å². The largest absolute Gasteiger partial charge is 0.417 e. The Balaban J connectivity index is 1.48. The fraction of sp³-hybridized carbons (Fsp3) is 0.667. The molecule has 3 aliphatic rings. The maximum absolute atomic E-state index is 13.4. The van der Waals surface area contributed by atoms with Gasteiger partial charge < -0.3 is 14.9 Å². The summed E-state index contributed by atoms with van der Waals surface area (Å²) in [7, 11) is 0. The molecule has 3 fully saturated rings. The number of piperidine rings is 1. The molecule has 1 unspecified atom stereocenters. The van der Waals surface area contributed by atoms with Crippen LogP contribution in [0.25, 0.3) is 0 Å². The van der Waals surface area contributed by atoms with Crippen LogP contribution in [0.2, 0.25) is 0 Å². The molecule has 2 saturated heterocycles. The third-order valence-electron chi connectivity index (χ3n) is 7.85. The van der Waals surface area contributed by atoms with E-state index in [0.717, 1.165) is 44.6 Å². The number of aliphatic hydroxyl groups is 1. The van der Waals surface area contributed by atoms with E-state index in [0.29, 0.717) is 31.9 Å². The predicted molar refractivity (Wildman–Crippen MR) is 114 cm³/mol. The van der Waals surface area contributed by atoms with Gasteiger partial charge in [-0.2, -0.15) is 18.4 Å². The lowest BCUT2D eigenvalue weighted by molar-refractivity contribution is -0.139. The van der Waals surface area contributed by atoms with E-state index in [1.807, 2.05) is 9.80 Å². The maximum atomic E-state index is 13.4. The summed E-state index contributed by atoms with van der Waals surface area (Å²) in [5, 5.41) is 19.1. The number of amides is 1. The number of carbonyl (C=O) groups excluding carboxylic acids is 1. The van der Waals surface area contributed by atoms with E-state index >= 15 is 0 Å². The van der Waals surface area contributed by atoms with Crippen LogP contribution in [-0.4, -0.2) is 48.7 Å². The zero-order chi connectivity index (χ0) is 22.9. The first-order valence-corrected chi connectivity index (χ1v) is 11.5. The molecule has 1 N–H and O–H groups in total. The number of likely N-dealkylation sites (tertiary alicyclic amines) is 1. The van der Waals surface area contributed by atoms with Gasteiger partial charge in [0.25, 0.3) is 0 Å². The molecule has 0 aromatic heterocycles. The molecule has 1 aromatic rings. The van der Waals surface area contributed by atoms with Gasteiger partial charge in [0.2, 0.25) is 5.91 Å². The van der Waals surface area contributed by atoms with E-state index in [1.165, 1.54) is 12.5 Å². The van der Waals surface area contributed by atoms with Crippen molar-refractivity contribution in [2.45, 2.75) is 51.1 Å². The quantitative estimate of drug-likeness (QED) is 0.751.